The van der Waals surface area contributed by atoms with Gasteiger partial charge in [0.15, 0.2) is 9.84 Å². The van der Waals surface area contributed by atoms with Crippen LogP contribution in [0.5, 0.6) is 11.5 Å². The normalized spacial score (nSPS) is 19.1. The maximum absolute atomic E-state index is 11.8. The predicted molar refractivity (Wildman–Crippen MR) is 86.5 cm³/mol. The van der Waals surface area contributed by atoms with Gasteiger partial charge in [-0.25, -0.2) is 13.2 Å². The Morgan fingerprint density at radius 2 is 2.04 bits per heavy atom. The molecule has 0 bridgehead atoms. The summed E-state index contributed by atoms with van der Waals surface area (Å²) in [6.45, 7) is 0.648. The number of ether oxygens (including phenoxy) is 2. The fraction of sp³-hybridized carbons (Fsp3) is 0.533. The van der Waals surface area contributed by atoms with Crippen molar-refractivity contribution in [1.82, 2.24) is 10.6 Å². The van der Waals surface area contributed by atoms with Crippen molar-refractivity contribution in [3.63, 3.8) is 0 Å². The first-order chi connectivity index (χ1) is 10.9. The van der Waals surface area contributed by atoms with Gasteiger partial charge in [0.2, 0.25) is 0 Å². The highest BCUT2D eigenvalue weighted by atomic mass is 32.2. The minimum absolute atomic E-state index is 0.00268. The zero-order valence-electron chi connectivity index (χ0n) is 13.3. The summed E-state index contributed by atoms with van der Waals surface area (Å²) in [6.07, 6.45) is 0.603. The molecule has 0 aromatic heterocycles. The summed E-state index contributed by atoms with van der Waals surface area (Å²) in [6, 6.07) is 5.02. The Morgan fingerprint density at radius 3 is 2.65 bits per heavy atom. The van der Waals surface area contributed by atoms with Crippen molar-refractivity contribution < 1.29 is 22.7 Å². The molecule has 1 aliphatic heterocycles. The van der Waals surface area contributed by atoms with E-state index in [0.29, 0.717) is 24.5 Å². The molecule has 1 heterocycles. The van der Waals surface area contributed by atoms with Crippen LogP contribution in [0.15, 0.2) is 18.2 Å². The summed E-state index contributed by atoms with van der Waals surface area (Å²) < 4.78 is 33.1. The third kappa shape index (κ3) is 5.02. The molecule has 2 amide bonds. The Balaban J connectivity index is 1.82. The van der Waals surface area contributed by atoms with E-state index in [2.05, 4.69) is 10.6 Å². The number of hydrogen-bond donors (Lipinski definition) is 2. The second kappa shape index (κ2) is 7.54. The maximum Gasteiger partial charge on any atom is 0.315 e. The van der Waals surface area contributed by atoms with E-state index in [4.69, 9.17) is 9.47 Å². The van der Waals surface area contributed by atoms with E-state index in [-0.39, 0.29) is 30.0 Å². The number of benzene rings is 1. The largest absolute Gasteiger partial charge is 0.497 e. The van der Waals surface area contributed by atoms with Crippen LogP contribution in [0.2, 0.25) is 0 Å². The van der Waals surface area contributed by atoms with E-state index in [0.717, 1.165) is 5.56 Å². The minimum atomic E-state index is -2.92. The lowest BCUT2D eigenvalue weighted by Gasteiger charge is -2.13. The molecule has 1 unspecified atom stereocenters. The molecule has 2 rings (SSSR count). The van der Waals surface area contributed by atoms with Crippen LogP contribution in [0.25, 0.3) is 0 Å². The predicted octanol–water partition coefficient (Wildman–Crippen LogP) is 0.938. The van der Waals surface area contributed by atoms with Crippen molar-refractivity contribution in [2.24, 2.45) is 5.92 Å². The van der Waals surface area contributed by atoms with Crippen molar-refractivity contribution in [2.75, 3.05) is 32.3 Å². The van der Waals surface area contributed by atoms with Gasteiger partial charge in [-0.1, -0.05) is 0 Å². The fourth-order valence-corrected chi connectivity index (χ4v) is 4.39. The highest BCUT2D eigenvalue weighted by molar-refractivity contribution is 7.91. The van der Waals surface area contributed by atoms with Gasteiger partial charge in [-0.15, -0.1) is 0 Å². The first-order valence-corrected chi connectivity index (χ1v) is 9.18. The van der Waals surface area contributed by atoms with Gasteiger partial charge in [0.1, 0.15) is 11.5 Å². The number of carbonyl (C=O) groups is 1. The Morgan fingerprint density at radius 1 is 1.26 bits per heavy atom. The second-order valence-corrected chi connectivity index (χ2v) is 7.74. The Bertz CT molecular complexity index is 660. The van der Waals surface area contributed by atoms with Gasteiger partial charge in [0.25, 0.3) is 0 Å². The van der Waals surface area contributed by atoms with Crippen LogP contribution >= 0.6 is 0 Å². The summed E-state index contributed by atoms with van der Waals surface area (Å²) in [4.78, 5) is 11.8. The first kappa shape index (κ1) is 17.4. The van der Waals surface area contributed by atoms with E-state index in [9.17, 15) is 13.2 Å². The first-order valence-electron chi connectivity index (χ1n) is 7.36. The van der Waals surface area contributed by atoms with Gasteiger partial charge in [0.05, 0.1) is 25.7 Å². The molecule has 1 aromatic rings. The number of nitrogens with one attached hydrogen (secondary N) is 2. The second-order valence-electron chi connectivity index (χ2n) is 5.51. The van der Waals surface area contributed by atoms with Gasteiger partial charge in [-0.2, -0.15) is 0 Å². The van der Waals surface area contributed by atoms with Gasteiger partial charge in [0, 0.05) is 18.7 Å². The molecule has 8 heteroatoms. The highest BCUT2D eigenvalue weighted by Crippen LogP contribution is 2.23. The van der Waals surface area contributed by atoms with Crippen LogP contribution in [-0.2, 0) is 16.4 Å². The Kier molecular flexibility index (Phi) is 5.70. The number of hydrogen-bond acceptors (Lipinski definition) is 5. The molecule has 1 saturated heterocycles. The van der Waals surface area contributed by atoms with Crippen LogP contribution in [0.1, 0.15) is 12.0 Å². The third-order valence-electron chi connectivity index (χ3n) is 3.80. The SMILES string of the molecule is COc1ccc(OC)c(CNC(=O)NCC2CCS(=O)(=O)C2)c1. The highest BCUT2D eigenvalue weighted by Gasteiger charge is 2.27. The molecule has 1 fully saturated rings. The summed E-state index contributed by atoms with van der Waals surface area (Å²) in [5, 5.41) is 5.45. The Hall–Kier alpha value is -1.96. The van der Waals surface area contributed by atoms with Gasteiger partial charge >= 0.3 is 6.03 Å². The Labute approximate surface area is 136 Å². The molecule has 1 aliphatic rings. The zero-order valence-corrected chi connectivity index (χ0v) is 14.1. The smallest absolute Gasteiger partial charge is 0.315 e. The van der Waals surface area contributed by atoms with Crippen molar-refractivity contribution in [2.45, 2.75) is 13.0 Å². The van der Waals surface area contributed by atoms with Gasteiger partial charge in [-0.3, -0.25) is 0 Å². The third-order valence-corrected chi connectivity index (χ3v) is 5.64. The lowest BCUT2D eigenvalue weighted by Crippen LogP contribution is -2.38. The van der Waals surface area contributed by atoms with Crippen LogP contribution in [-0.4, -0.2) is 46.7 Å². The average molecular weight is 342 g/mol. The summed E-state index contributed by atoms with van der Waals surface area (Å²) in [5.41, 5.74) is 0.797. The van der Waals surface area contributed by atoms with Crippen LogP contribution in [0.3, 0.4) is 0 Å². The van der Waals surface area contributed by atoms with E-state index in [1.165, 1.54) is 0 Å². The van der Waals surface area contributed by atoms with E-state index in [1.807, 2.05) is 0 Å². The molecule has 1 atom stereocenters. The molecule has 1 aromatic carbocycles. The number of methoxy groups -OCH3 is 2. The average Bonchev–Trinajstić information content (AvgIpc) is 2.89. The topological polar surface area (TPSA) is 93.7 Å². The van der Waals surface area contributed by atoms with Crippen LogP contribution in [0, 0.1) is 5.92 Å². The number of carbonyl (C=O) groups excluding carboxylic acids is 1. The van der Waals surface area contributed by atoms with Crippen molar-refractivity contribution in [3.8, 4) is 11.5 Å². The van der Waals surface area contributed by atoms with E-state index >= 15 is 0 Å². The van der Waals surface area contributed by atoms with E-state index in [1.54, 1.807) is 32.4 Å². The molecule has 23 heavy (non-hydrogen) atoms. The van der Waals surface area contributed by atoms with Crippen molar-refractivity contribution in [3.05, 3.63) is 23.8 Å². The van der Waals surface area contributed by atoms with Crippen LogP contribution in [0.4, 0.5) is 4.79 Å². The molecular formula is C15H22N2O5S. The maximum atomic E-state index is 11.8. The molecular weight excluding hydrogens is 320 g/mol. The van der Waals surface area contributed by atoms with E-state index < -0.39 is 9.84 Å². The molecule has 128 valence electrons. The van der Waals surface area contributed by atoms with Gasteiger partial charge < -0.3 is 20.1 Å². The van der Waals surface area contributed by atoms with Crippen molar-refractivity contribution >= 4 is 15.9 Å². The minimum Gasteiger partial charge on any atom is -0.497 e. The fourth-order valence-electron chi connectivity index (χ4n) is 2.53. The summed E-state index contributed by atoms with van der Waals surface area (Å²) in [5.74, 6) is 1.70. The number of sulfone groups is 1. The lowest BCUT2D eigenvalue weighted by atomic mass is 10.1. The zero-order chi connectivity index (χ0) is 16.9. The number of amides is 2. The standard InChI is InChI=1S/C15H22N2O5S/c1-21-13-3-4-14(22-2)12(7-13)9-17-15(18)16-8-11-5-6-23(19,20)10-11/h3-4,7,11H,5-6,8-10H2,1-2H3,(H2,16,17,18). The number of urea groups is 1. The summed E-state index contributed by atoms with van der Waals surface area (Å²) >= 11 is 0. The monoisotopic (exact) mass is 342 g/mol. The lowest BCUT2D eigenvalue weighted by molar-refractivity contribution is 0.239. The molecule has 2 N–H and O–H groups in total. The molecule has 0 spiro atoms. The van der Waals surface area contributed by atoms with Crippen LogP contribution < -0.4 is 20.1 Å². The molecule has 0 radical (unpaired) electrons. The van der Waals surface area contributed by atoms with Crippen molar-refractivity contribution in [1.29, 1.82) is 0 Å². The molecule has 7 nitrogen and oxygen atoms in total. The molecule has 0 saturated carbocycles. The van der Waals surface area contributed by atoms with Gasteiger partial charge in [-0.05, 0) is 30.5 Å². The quantitative estimate of drug-likeness (QED) is 0.802. The number of rotatable bonds is 6. The summed E-state index contributed by atoms with van der Waals surface area (Å²) in [7, 11) is 0.215. The molecule has 0 aliphatic carbocycles.